The van der Waals surface area contributed by atoms with Crippen molar-refractivity contribution in [3.05, 3.63) is 29.3 Å². The molecule has 1 aromatic carbocycles. The highest BCUT2D eigenvalue weighted by atomic mass is 19.4. The number of ether oxygens (including phenoxy) is 1. The molecule has 0 bridgehead atoms. The fraction of sp³-hybridized carbons (Fsp3) is 0.571. The van der Waals surface area contributed by atoms with Crippen molar-refractivity contribution >= 4 is 0 Å². The van der Waals surface area contributed by atoms with E-state index in [0.29, 0.717) is 25.3 Å². The second kappa shape index (κ2) is 7.50. The Morgan fingerprint density at radius 3 is 2.50 bits per heavy atom. The Hall–Kier alpha value is -1.27. The van der Waals surface area contributed by atoms with E-state index in [-0.39, 0.29) is 6.54 Å². The van der Waals surface area contributed by atoms with Crippen LogP contribution in [0, 0.1) is 0 Å². The highest BCUT2D eigenvalue weighted by Crippen LogP contribution is 2.24. The molecule has 0 heterocycles. The lowest BCUT2D eigenvalue weighted by Gasteiger charge is -2.24. The van der Waals surface area contributed by atoms with Gasteiger partial charge in [0.25, 0.3) is 0 Å². The number of nitrogens with zero attached hydrogens (tertiary/aromatic N) is 1. The summed E-state index contributed by atoms with van der Waals surface area (Å²) in [5.74, 6) is 0.588. The highest BCUT2D eigenvalue weighted by molar-refractivity contribution is 5.37. The monoisotopic (exact) mass is 290 g/mol. The van der Waals surface area contributed by atoms with E-state index in [4.69, 9.17) is 10.5 Å². The fourth-order valence-electron chi connectivity index (χ4n) is 2.11. The quantitative estimate of drug-likeness (QED) is 0.839. The first-order valence-corrected chi connectivity index (χ1v) is 6.54. The number of hydrogen-bond donors (Lipinski definition) is 1. The van der Waals surface area contributed by atoms with Crippen molar-refractivity contribution in [1.82, 2.24) is 4.90 Å². The molecule has 2 N–H and O–H groups in total. The minimum absolute atomic E-state index is 0.199. The third-order valence-electron chi connectivity index (χ3n) is 2.92. The van der Waals surface area contributed by atoms with E-state index < -0.39 is 12.7 Å². The molecule has 0 aliphatic carbocycles. The standard InChI is InChI=1S/C14H21F3N2O/c1-3-6-19(10-14(15,16)17)9-12-7-11(8-18)4-5-13(12)20-2/h4-5,7H,3,6,8-10,18H2,1-2H3. The maximum absolute atomic E-state index is 12.6. The molecule has 1 aromatic rings. The Kier molecular flexibility index (Phi) is 6.29. The minimum Gasteiger partial charge on any atom is -0.496 e. The zero-order chi connectivity index (χ0) is 15.2. The summed E-state index contributed by atoms with van der Waals surface area (Å²) in [6.45, 7) is 1.87. The lowest BCUT2D eigenvalue weighted by molar-refractivity contribution is -0.147. The van der Waals surface area contributed by atoms with Crippen LogP contribution in [-0.4, -0.2) is 31.3 Å². The van der Waals surface area contributed by atoms with Gasteiger partial charge in [0.2, 0.25) is 0 Å². The van der Waals surface area contributed by atoms with Gasteiger partial charge in [-0.3, -0.25) is 4.90 Å². The minimum atomic E-state index is -4.20. The van der Waals surface area contributed by atoms with Gasteiger partial charge in [0.1, 0.15) is 5.75 Å². The van der Waals surface area contributed by atoms with Crippen molar-refractivity contribution in [2.75, 3.05) is 20.2 Å². The Labute approximate surface area is 117 Å². The summed E-state index contributed by atoms with van der Waals surface area (Å²) in [6, 6.07) is 5.36. The number of rotatable bonds is 7. The molecule has 0 aliphatic heterocycles. The molecule has 0 saturated heterocycles. The van der Waals surface area contributed by atoms with Gasteiger partial charge in [0, 0.05) is 18.7 Å². The maximum Gasteiger partial charge on any atom is 0.401 e. The molecule has 0 atom stereocenters. The van der Waals surface area contributed by atoms with Crippen molar-refractivity contribution < 1.29 is 17.9 Å². The third kappa shape index (κ3) is 5.38. The van der Waals surface area contributed by atoms with E-state index in [9.17, 15) is 13.2 Å². The second-order valence-corrected chi connectivity index (χ2v) is 4.68. The van der Waals surface area contributed by atoms with Gasteiger partial charge in [-0.15, -0.1) is 0 Å². The lowest BCUT2D eigenvalue weighted by atomic mass is 10.1. The van der Waals surface area contributed by atoms with Crippen LogP contribution in [0.4, 0.5) is 13.2 Å². The number of halogens is 3. The predicted octanol–water partition coefficient (Wildman–Crippen LogP) is 2.93. The van der Waals surface area contributed by atoms with Crippen LogP contribution >= 0.6 is 0 Å². The number of hydrogen-bond acceptors (Lipinski definition) is 3. The van der Waals surface area contributed by atoms with Crippen molar-refractivity contribution in [3.8, 4) is 5.75 Å². The predicted molar refractivity (Wildman–Crippen MR) is 72.5 cm³/mol. The molecule has 20 heavy (non-hydrogen) atoms. The van der Waals surface area contributed by atoms with Crippen LogP contribution in [0.3, 0.4) is 0 Å². The molecule has 0 saturated carbocycles. The Balaban J connectivity index is 2.91. The van der Waals surface area contributed by atoms with Crippen LogP contribution < -0.4 is 10.5 Å². The van der Waals surface area contributed by atoms with Crippen molar-refractivity contribution in [3.63, 3.8) is 0 Å². The second-order valence-electron chi connectivity index (χ2n) is 4.68. The summed E-state index contributed by atoms with van der Waals surface area (Å²) in [7, 11) is 1.51. The van der Waals surface area contributed by atoms with Crippen LogP contribution in [0.2, 0.25) is 0 Å². The van der Waals surface area contributed by atoms with Gasteiger partial charge >= 0.3 is 6.18 Å². The molecule has 0 fully saturated rings. The van der Waals surface area contributed by atoms with Gasteiger partial charge < -0.3 is 10.5 Å². The van der Waals surface area contributed by atoms with E-state index >= 15 is 0 Å². The smallest absolute Gasteiger partial charge is 0.401 e. The van der Waals surface area contributed by atoms with Crippen molar-refractivity contribution in [1.29, 1.82) is 0 Å². The summed E-state index contributed by atoms with van der Waals surface area (Å²) in [6.07, 6.45) is -3.54. The summed E-state index contributed by atoms with van der Waals surface area (Å²) in [4.78, 5) is 1.37. The molecule has 114 valence electrons. The summed E-state index contributed by atoms with van der Waals surface area (Å²) in [5, 5.41) is 0. The average Bonchev–Trinajstić information content (AvgIpc) is 2.37. The number of alkyl halides is 3. The molecule has 1 rings (SSSR count). The summed E-state index contributed by atoms with van der Waals surface area (Å²) in [5.41, 5.74) is 7.18. The Bertz CT molecular complexity index is 421. The largest absolute Gasteiger partial charge is 0.496 e. The molecular formula is C14H21F3N2O. The zero-order valence-corrected chi connectivity index (χ0v) is 11.8. The van der Waals surface area contributed by atoms with Gasteiger partial charge in [0.05, 0.1) is 13.7 Å². The van der Waals surface area contributed by atoms with Crippen LogP contribution in [0.25, 0.3) is 0 Å². The molecule has 0 radical (unpaired) electrons. The average molecular weight is 290 g/mol. The molecule has 0 amide bonds. The molecular weight excluding hydrogens is 269 g/mol. The van der Waals surface area contributed by atoms with Crippen LogP contribution in [-0.2, 0) is 13.1 Å². The van der Waals surface area contributed by atoms with Crippen LogP contribution in [0.1, 0.15) is 24.5 Å². The molecule has 0 spiro atoms. The van der Waals surface area contributed by atoms with Gasteiger partial charge in [-0.25, -0.2) is 0 Å². The summed E-state index contributed by atoms with van der Waals surface area (Å²) < 4.78 is 42.9. The number of methoxy groups -OCH3 is 1. The highest BCUT2D eigenvalue weighted by Gasteiger charge is 2.30. The molecule has 0 unspecified atom stereocenters. The first-order valence-electron chi connectivity index (χ1n) is 6.54. The molecule has 6 heteroatoms. The van der Waals surface area contributed by atoms with Gasteiger partial charge in [-0.05, 0) is 30.7 Å². The zero-order valence-electron chi connectivity index (χ0n) is 11.8. The first kappa shape index (κ1) is 16.8. The molecule has 3 nitrogen and oxygen atoms in total. The van der Waals surface area contributed by atoms with Crippen LogP contribution in [0.15, 0.2) is 18.2 Å². The van der Waals surface area contributed by atoms with E-state index in [1.54, 1.807) is 12.1 Å². The van der Waals surface area contributed by atoms with E-state index in [1.165, 1.54) is 12.0 Å². The molecule has 0 aromatic heterocycles. The van der Waals surface area contributed by atoms with E-state index in [0.717, 1.165) is 11.1 Å². The number of nitrogens with two attached hydrogens (primary N) is 1. The SMILES string of the molecule is CCCN(Cc1cc(CN)ccc1OC)CC(F)(F)F. The summed E-state index contributed by atoms with van der Waals surface area (Å²) >= 11 is 0. The number of benzene rings is 1. The molecule has 0 aliphatic rings. The Morgan fingerprint density at radius 1 is 1.30 bits per heavy atom. The van der Waals surface area contributed by atoms with Crippen molar-refractivity contribution in [2.24, 2.45) is 5.73 Å². The Morgan fingerprint density at radius 2 is 2.00 bits per heavy atom. The van der Waals surface area contributed by atoms with E-state index in [1.807, 2.05) is 13.0 Å². The van der Waals surface area contributed by atoms with Gasteiger partial charge in [-0.1, -0.05) is 13.0 Å². The van der Waals surface area contributed by atoms with Crippen LogP contribution in [0.5, 0.6) is 5.75 Å². The third-order valence-corrected chi connectivity index (χ3v) is 2.92. The lowest BCUT2D eigenvalue weighted by Crippen LogP contribution is -2.34. The van der Waals surface area contributed by atoms with Gasteiger partial charge in [-0.2, -0.15) is 13.2 Å². The first-order chi connectivity index (χ1) is 9.39. The van der Waals surface area contributed by atoms with E-state index in [2.05, 4.69) is 0 Å². The van der Waals surface area contributed by atoms with Gasteiger partial charge in [0.15, 0.2) is 0 Å². The topological polar surface area (TPSA) is 38.5 Å². The fourth-order valence-corrected chi connectivity index (χ4v) is 2.11. The van der Waals surface area contributed by atoms with Crippen molar-refractivity contribution in [2.45, 2.75) is 32.6 Å². The maximum atomic E-state index is 12.6. The normalized spacial score (nSPS) is 11.9.